The van der Waals surface area contributed by atoms with Crippen LogP contribution >= 0.6 is 11.3 Å². The Morgan fingerprint density at radius 2 is 1.75 bits per heavy atom. The van der Waals surface area contributed by atoms with Crippen LogP contribution in [-0.2, 0) is 14.8 Å². The molecule has 150 valence electrons. The predicted octanol–water partition coefficient (Wildman–Crippen LogP) is 3.52. The minimum Gasteiger partial charge on any atom is -0.454 e. The van der Waals surface area contributed by atoms with Crippen molar-refractivity contribution in [2.45, 2.75) is 31.6 Å². The van der Waals surface area contributed by atoms with Crippen LogP contribution in [-0.4, -0.2) is 44.2 Å². The molecule has 0 spiro atoms. The summed E-state index contributed by atoms with van der Waals surface area (Å²) in [5.74, 6) is -0.383. The second-order valence-electron chi connectivity index (χ2n) is 7.02. The Hall–Kier alpha value is -2.03. The number of carbonyl (C=O) groups excluding carboxylic acids is 2. The molecule has 1 saturated heterocycles. The van der Waals surface area contributed by atoms with Crippen LogP contribution in [0.15, 0.2) is 41.3 Å². The standard InChI is InChI=1S/C20H23NO5S2/c1-14-9-11-21(12-10-14)28(24,25)17-6-4-16(5-7-17)20(23)26-13-18(22)19-8-3-15(2)27-19/h3-8,14H,9-13H2,1-2H3. The summed E-state index contributed by atoms with van der Waals surface area (Å²) in [5, 5.41) is 0. The van der Waals surface area contributed by atoms with Gasteiger partial charge in [0.2, 0.25) is 15.8 Å². The highest BCUT2D eigenvalue weighted by Crippen LogP contribution is 2.24. The second-order valence-corrected chi connectivity index (χ2v) is 10.2. The van der Waals surface area contributed by atoms with Gasteiger partial charge < -0.3 is 4.74 Å². The smallest absolute Gasteiger partial charge is 0.338 e. The number of piperidine rings is 1. The van der Waals surface area contributed by atoms with E-state index in [-0.39, 0.29) is 22.8 Å². The molecule has 0 aliphatic carbocycles. The van der Waals surface area contributed by atoms with E-state index >= 15 is 0 Å². The van der Waals surface area contributed by atoms with Crippen molar-refractivity contribution in [2.75, 3.05) is 19.7 Å². The highest BCUT2D eigenvalue weighted by Gasteiger charge is 2.28. The fourth-order valence-electron chi connectivity index (χ4n) is 3.01. The van der Waals surface area contributed by atoms with Crippen molar-refractivity contribution in [3.63, 3.8) is 0 Å². The number of Topliss-reactive ketones (excluding diaryl/α,β-unsaturated/α-hetero) is 1. The van der Waals surface area contributed by atoms with E-state index in [1.165, 1.54) is 39.9 Å². The van der Waals surface area contributed by atoms with E-state index < -0.39 is 16.0 Å². The third-order valence-corrected chi connectivity index (χ3v) is 7.77. The zero-order valence-electron chi connectivity index (χ0n) is 15.9. The van der Waals surface area contributed by atoms with Crippen LogP contribution < -0.4 is 0 Å². The van der Waals surface area contributed by atoms with E-state index in [2.05, 4.69) is 6.92 Å². The second kappa shape index (κ2) is 8.55. The molecular weight excluding hydrogens is 398 g/mol. The molecule has 0 N–H and O–H groups in total. The van der Waals surface area contributed by atoms with Crippen LogP contribution in [0, 0.1) is 12.8 Å². The van der Waals surface area contributed by atoms with Gasteiger partial charge in [-0.3, -0.25) is 4.79 Å². The molecule has 6 nitrogen and oxygen atoms in total. The SMILES string of the molecule is Cc1ccc(C(=O)COC(=O)c2ccc(S(=O)(=O)N3CCC(C)CC3)cc2)s1. The van der Waals surface area contributed by atoms with E-state index in [1.54, 1.807) is 6.07 Å². The normalized spacial score (nSPS) is 16.1. The van der Waals surface area contributed by atoms with Gasteiger partial charge in [-0.1, -0.05) is 6.92 Å². The molecule has 0 radical (unpaired) electrons. The molecule has 2 heterocycles. The number of nitrogens with zero attached hydrogens (tertiary/aromatic N) is 1. The van der Waals surface area contributed by atoms with Crippen molar-refractivity contribution in [3.05, 3.63) is 51.7 Å². The van der Waals surface area contributed by atoms with Crippen LogP contribution in [0.25, 0.3) is 0 Å². The average Bonchev–Trinajstić information content (AvgIpc) is 3.13. The lowest BCUT2D eigenvalue weighted by molar-refractivity contribution is 0.0475. The highest BCUT2D eigenvalue weighted by molar-refractivity contribution is 7.89. The highest BCUT2D eigenvalue weighted by atomic mass is 32.2. The van der Waals surface area contributed by atoms with Crippen molar-refractivity contribution < 1.29 is 22.7 Å². The summed E-state index contributed by atoms with van der Waals surface area (Å²) in [5.41, 5.74) is 0.210. The Labute approximate surface area is 169 Å². The molecule has 1 aromatic heterocycles. The molecule has 3 rings (SSSR count). The summed E-state index contributed by atoms with van der Waals surface area (Å²) < 4.78 is 32.0. The summed E-state index contributed by atoms with van der Waals surface area (Å²) in [4.78, 5) is 25.9. The summed E-state index contributed by atoms with van der Waals surface area (Å²) >= 11 is 1.35. The van der Waals surface area contributed by atoms with Crippen molar-refractivity contribution in [2.24, 2.45) is 5.92 Å². The molecule has 8 heteroatoms. The van der Waals surface area contributed by atoms with Gasteiger partial charge >= 0.3 is 5.97 Å². The molecule has 1 aromatic carbocycles. The van der Waals surface area contributed by atoms with Gasteiger partial charge in [0, 0.05) is 18.0 Å². The first-order valence-electron chi connectivity index (χ1n) is 9.14. The fourth-order valence-corrected chi connectivity index (χ4v) is 5.27. The Balaban J connectivity index is 1.61. The van der Waals surface area contributed by atoms with Crippen molar-refractivity contribution >= 4 is 33.1 Å². The van der Waals surface area contributed by atoms with E-state index in [9.17, 15) is 18.0 Å². The monoisotopic (exact) mass is 421 g/mol. The van der Waals surface area contributed by atoms with Gasteiger partial charge in [0.25, 0.3) is 0 Å². The lowest BCUT2D eigenvalue weighted by atomic mass is 10.0. The molecule has 1 aliphatic heterocycles. The average molecular weight is 422 g/mol. The Morgan fingerprint density at radius 3 is 2.32 bits per heavy atom. The number of rotatable bonds is 6. The van der Waals surface area contributed by atoms with Gasteiger partial charge in [-0.05, 0) is 62.1 Å². The number of aryl methyl sites for hydroxylation is 1. The van der Waals surface area contributed by atoms with Gasteiger partial charge in [0.15, 0.2) is 6.61 Å². The number of carbonyl (C=O) groups is 2. The number of hydrogen-bond donors (Lipinski definition) is 0. The molecule has 1 fully saturated rings. The molecule has 0 bridgehead atoms. The van der Waals surface area contributed by atoms with Crippen molar-refractivity contribution in [1.82, 2.24) is 4.31 Å². The lowest BCUT2D eigenvalue weighted by Crippen LogP contribution is -2.37. The topological polar surface area (TPSA) is 80.8 Å². The van der Waals surface area contributed by atoms with Gasteiger partial charge in [-0.2, -0.15) is 4.31 Å². The number of thiophene rings is 1. The fraction of sp³-hybridized carbons (Fsp3) is 0.400. The third-order valence-electron chi connectivity index (χ3n) is 4.82. The van der Waals surface area contributed by atoms with E-state index in [0.717, 1.165) is 17.7 Å². The molecule has 0 amide bonds. The van der Waals surface area contributed by atoms with Gasteiger partial charge in [-0.25, -0.2) is 13.2 Å². The molecule has 0 unspecified atom stereocenters. The molecular formula is C20H23NO5S2. The predicted molar refractivity (Wildman–Crippen MR) is 107 cm³/mol. The zero-order chi connectivity index (χ0) is 20.3. The van der Waals surface area contributed by atoms with Crippen LogP contribution in [0.2, 0.25) is 0 Å². The number of benzene rings is 1. The Morgan fingerprint density at radius 1 is 1.11 bits per heavy atom. The van der Waals surface area contributed by atoms with E-state index in [1.807, 2.05) is 13.0 Å². The number of ether oxygens (including phenoxy) is 1. The maximum atomic E-state index is 12.7. The molecule has 0 atom stereocenters. The number of esters is 1. The van der Waals surface area contributed by atoms with Crippen LogP contribution in [0.4, 0.5) is 0 Å². The third kappa shape index (κ3) is 4.68. The minimum absolute atomic E-state index is 0.156. The molecule has 28 heavy (non-hydrogen) atoms. The first-order valence-corrected chi connectivity index (χ1v) is 11.4. The summed E-state index contributed by atoms with van der Waals surface area (Å²) in [6.45, 7) is 4.70. The number of sulfonamides is 1. The Kier molecular flexibility index (Phi) is 6.32. The van der Waals surface area contributed by atoms with Crippen LogP contribution in [0.3, 0.4) is 0 Å². The van der Waals surface area contributed by atoms with Crippen LogP contribution in [0.1, 0.15) is 44.7 Å². The number of ketones is 1. The molecule has 1 aliphatic rings. The van der Waals surface area contributed by atoms with E-state index in [4.69, 9.17) is 4.74 Å². The van der Waals surface area contributed by atoms with Gasteiger partial charge in [-0.15, -0.1) is 11.3 Å². The minimum atomic E-state index is -3.56. The van der Waals surface area contributed by atoms with Crippen molar-refractivity contribution in [1.29, 1.82) is 0 Å². The Bertz CT molecular complexity index is 955. The maximum Gasteiger partial charge on any atom is 0.338 e. The van der Waals surface area contributed by atoms with Gasteiger partial charge in [0.05, 0.1) is 15.3 Å². The van der Waals surface area contributed by atoms with Gasteiger partial charge in [0.1, 0.15) is 0 Å². The van der Waals surface area contributed by atoms with E-state index in [0.29, 0.717) is 23.9 Å². The summed E-state index contributed by atoms with van der Waals surface area (Å²) in [7, 11) is -3.56. The maximum absolute atomic E-state index is 12.7. The van der Waals surface area contributed by atoms with Crippen molar-refractivity contribution in [3.8, 4) is 0 Å². The first kappa shape index (κ1) is 20.7. The largest absolute Gasteiger partial charge is 0.454 e. The quantitative estimate of drug-likeness (QED) is 0.527. The lowest BCUT2D eigenvalue weighted by Gasteiger charge is -2.29. The first-order chi connectivity index (χ1) is 13.3. The zero-order valence-corrected chi connectivity index (χ0v) is 17.5. The van der Waals surface area contributed by atoms with Crippen LogP contribution in [0.5, 0.6) is 0 Å². The number of hydrogen-bond acceptors (Lipinski definition) is 6. The summed E-state index contributed by atoms with van der Waals surface area (Å²) in [6, 6.07) is 9.20. The molecule has 0 saturated carbocycles. The summed E-state index contributed by atoms with van der Waals surface area (Å²) in [6.07, 6.45) is 1.70. The molecule has 2 aromatic rings.